The zero-order valence-corrected chi connectivity index (χ0v) is 7.70. The molecule has 0 fully saturated rings. The largest absolute Gasteiger partial charge is 0.399 e. The van der Waals surface area contributed by atoms with Gasteiger partial charge < -0.3 is 5.73 Å². The van der Waals surface area contributed by atoms with E-state index in [1.165, 1.54) is 5.56 Å². The zero-order valence-electron chi connectivity index (χ0n) is 7.70. The van der Waals surface area contributed by atoms with Crippen molar-refractivity contribution in [2.45, 2.75) is 6.92 Å². The van der Waals surface area contributed by atoms with Gasteiger partial charge in [0.2, 0.25) is 0 Å². The first-order valence-electron chi connectivity index (χ1n) is 4.41. The monoisotopic (exact) mass is 176 g/mol. The molecule has 3 nitrogen and oxygen atoms in total. The fourth-order valence-electron chi connectivity index (χ4n) is 1.63. The Morgan fingerprint density at radius 3 is 2.85 bits per heavy atom. The van der Waals surface area contributed by atoms with Gasteiger partial charge in [0, 0.05) is 23.4 Å². The number of anilines is 1. The van der Waals surface area contributed by atoms with Crippen molar-refractivity contribution >= 4 is 17.5 Å². The zero-order chi connectivity index (χ0) is 9.47. The first kappa shape index (κ1) is 8.29. The van der Waals surface area contributed by atoms with E-state index in [-0.39, 0.29) is 0 Å². The second kappa shape index (κ2) is 2.58. The second-order valence-electron chi connectivity index (χ2n) is 3.38. The molecule has 0 aromatic heterocycles. The van der Waals surface area contributed by atoms with Gasteiger partial charge in [-0.2, -0.15) is 10.4 Å². The van der Waals surface area contributed by atoms with Crippen LogP contribution in [0.2, 0.25) is 0 Å². The molecule has 68 valence electrons. The average molecular weight is 176 g/mol. The van der Waals surface area contributed by atoms with Crippen LogP contribution in [0, 0.1) is 0 Å². The maximum absolute atomic E-state index is 6.13. The number of nitrogens with zero attached hydrogens (tertiary/aromatic N) is 1. The minimum atomic E-state index is 0.361. The number of rotatable bonds is 1. The lowest BCUT2D eigenvalue weighted by Gasteiger charge is -2.23. The van der Waals surface area contributed by atoms with Gasteiger partial charge in [0.05, 0.1) is 0 Å². The van der Waals surface area contributed by atoms with E-state index in [4.69, 9.17) is 11.6 Å². The standard InChI is InChI=1S/C10H14N3/c1-2-13(12)6-5-8-3-4-9(11)7-10(8)13/h3-7H,2,11-12H2,1H3/q+1. The highest BCUT2D eigenvalue weighted by molar-refractivity contribution is 5.75. The molecule has 4 N–H and O–H groups in total. The summed E-state index contributed by atoms with van der Waals surface area (Å²) in [5.74, 6) is 6.13. The maximum atomic E-state index is 6.13. The van der Waals surface area contributed by atoms with Crippen LogP contribution in [-0.4, -0.2) is 6.54 Å². The van der Waals surface area contributed by atoms with Gasteiger partial charge in [0.1, 0.15) is 12.7 Å². The van der Waals surface area contributed by atoms with Crippen molar-refractivity contribution in [2.75, 3.05) is 12.3 Å². The van der Waals surface area contributed by atoms with Crippen molar-refractivity contribution in [1.82, 2.24) is 4.59 Å². The third-order valence-electron chi connectivity index (χ3n) is 2.55. The van der Waals surface area contributed by atoms with Crippen LogP contribution in [0.3, 0.4) is 0 Å². The lowest BCUT2D eigenvalue weighted by molar-refractivity contribution is 0.414. The number of benzene rings is 1. The smallest absolute Gasteiger partial charge is 0.166 e. The van der Waals surface area contributed by atoms with Crippen LogP contribution >= 0.6 is 0 Å². The molecule has 0 bridgehead atoms. The quantitative estimate of drug-likeness (QED) is 0.386. The number of nitrogens with two attached hydrogens (primary N) is 2. The van der Waals surface area contributed by atoms with Crippen LogP contribution in [0.5, 0.6) is 0 Å². The van der Waals surface area contributed by atoms with Gasteiger partial charge in [-0.25, -0.2) is 0 Å². The van der Waals surface area contributed by atoms with Gasteiger partial charge in [-0.1, -0.05) is 0 Å². The molecule has 1 atom stereocenters. The third-order valence-corrected chi connectivity index (χ3v) is 2.55. The van der Waals surface area contributed by atoms with E-state index < -0.39 is 0 Å². The highest BCUT2D eigenvalue weighted by Crippen LogP contribution is 2.33. The molecular formula is C10H14N3+. The van der Waals surface area contributed by atoms with Gasteiger partial charge in [0.15, 0.2) is 5.69 Å². The molecule has 1 heterocycles. The molecule has 1 aliphatic rings. The Kier molecular flexibility index (Phi) is 1.65. The summed E-state index contributed by atoms with van der Waals surface area (Å²) in [5.41, 5.74) is 8.73. The predicted molar refractivity (Wildman–Crippen MR) is 56.4 cm³/mol. The Morgan fingerprint density at radius 2 is 2.15 bits per heavy atom. The summed E-state index contributed by atoms with van der Waals surface area (Å²) in [5, 5.41) is 0. The summed E-state index contributed by atoms with van der Waals surface area (Å²) < 4.78 is 0.361. The van der Waals surface area contributed by atoms with E-state index in [0.29, 0.717) is 4.59 Å². The Balaban J connectivity index is 2.57. The SMILES string of the molecule is CC[N+]1(N)C=Cc2ccc(N)cc21. The Labute approximate surface area is 77.8 Å². The van der Waals surface area contributed by atoms with Crippen molar-refractivity contribution in [3.63, 3.8) is 0 Å². The Bertz CT molecular complexity index is 370. The van der Waals surface area contributed by atoms with Crippen LogP contribution in [0.4, 0.5) is 11.4 Å². The topological polar surface area (TPSA) is 52.0 Å². The van der Waals surface area contributed by atoms with Gasteiger partial charge in [-0.3, -0.25) is 0 Å². The molecule has 0 aliphatic carbocycles. The lowest BCUT2D eigenvalue weighted by atomic mass is 10.2. The first-order chi connectivity index (χ1) is 6.15. The third kappa shape index (κ3) is 1.13. The molecule has 1 aromatic rings. The number of hydrogen-bond donors (Lipinski definition) is 2. The van der Waals surface area contributed by atoms with E-state index in [1.54, 1.807) is 0 Å². The van der Waals surface area contributed by atoms with Crippen LogP contribution in [0.1, 0.15) is 12.5 Å². The molecule has 1 aliphatic heterocycles. The molecule has 0 radical (unpaired) electrons. The number of nitrogen functional groups attached to an aromatic ring is 1. The maximum Gasteiger partial charge on any atom is 0.166 e. The number of fused-ring (bicyclic) bond motifs is 1. The second-order valence-corrected chi connectivity index (χ2v) is 3.38. The van der Waals surface area contributed by atoms with Crippen molar-refractivity contribution in [1.29, 1.82) is 0 Å². The minimum absolute atomic E-state index is 0.361. The summed E-state index contributed by atoms with van der Waals surface area (Å²) in [6.07, 6.45) is 4.03. The van der Waals surface area contributed by atoms with E-state index >= 15 is 0 Å². The molecule has 0 saturated carbocycles. The van der Waals surface area contributed by atoms with Gasteiger partial charge in [-0.05, 0) is 19.1 Å². The van der Waals surface area contributed by atoms with Gasteiger partial charge >= 0.3 is 0 Å². The van der Waals surface area contributed by atoms with E-state index in [0.717, 1.165) is 17.9 Å². The molecule has 3 heteroatoms. The minimum Gasteiger partial charge on any atom is -0.399 e. The first-order valence-corrected chi connectivity index (χ1v) is 4.41. The van der Waals surface area contributed by atoms with Crippen molar-refractivity contribution in [3.8, 4) is 0 Å². The summed E-state index contributed by atoms with van der Waals surface area (Å²) in [6, 6.07) is 5.84. The van der Waals surface area contributed by atoms with Gasteiger partial charge in [0.25, 0.3) is 0 Å². The molecule has 0 spiro atoms. The summed E-state index contributed by atoms with van der Waals surface area (Å²) in [7, 11) is 0. The molecule has 1 aromatic carbocycles. The summed E-state index contributed by atoms with van der Waals surface area (Å²) >= 11 is 0. The van der Waals surface area contributed by atoms with Crippen molar-refractivity contribution < 1.29 is 0 Å². The highest BCUT2D eigenvalue weighted by atomic mass is 15.6. The van der Waals surface area contributed by atoms with Crippen LogP contribution in [0.15, 0.2) is 24.4 Å². The molecule has 1 unspecified atom stereocenters. The van der Waals surface area contributed by atoms with E-state index in [9.17, 15) is 0 Å². The molecular weight excluding hydrogens is 162 g/mol. The van der Waals surface area contributed by atoms with Crippen molar-refractivity contribution in [2.24, 2.45) is 5.84 Å². The predicted octanol–water partition coefficient (Wildman–Crippen LogP) is 1.45. The Hall–Kier alpha value is -1.32. The van der Waals surface area contributed by atoms with Crippen LogP contribution in [-0.2, 0) is 0 Å². The summed E-state index contributed by atoms with van der Waals surface area (Å²) in [4.78, 5) is 0. The molecule has 2 rings (SSSR count). The lowest BCUT2D eigenvalue weighted by Crippen LogP contribution is -2.49. The number of hydrogen-bond acceptors (Lipinski definition) is 2. The van der Waals surface area contributed by atoms with Crippen LogP contribution < -0.4 is 16.2 Å². The summed E-state index contributed by atoms with van der Waals surface area (Å²) in [6.45, 7) is 2.90. The Morgan fingerprint density at radius 1 is 1.38 bits per heavy atom. The van der Waals surface area contributed by atoms with Crippen LogP contribution in [0.25, 0.3) is 6.08 Å². The highest BCUT2D eigenvalue weighted by Gasteiger charge is 2.29. The fourth-order valence-corrected chi connectivity index (χ4v) is 1.63. The van der Waals surface area contributed by atoms with Crippen molar-refractivity contribution in [3.05, 3.63) is 30.0 Å². The number of quaternary nitrogens is 1. The average Bonchev–Trinajstić information content (AvgIpc) is 2.45. The molecule has 13 heavy (non-hydrogen) atoms. The fraction of sp³-hybridized carbons (Fsp3) is 0.200. The molecule has 0 saturated heterocycles. The molecule has 0 amide bonds. The van der Waals surface area contributed by atoms with E-state index in [2.05, 4.69) is 6.92 Å². The normalized spacial score (nSPS) is 24.8. The van der Waals surface area contributed by atoms with Gasteiger partial charge in [-0.15, -0.1) is 0 Å². The van der Waals surface area contributed by atoms with E-state index in [1.807, 2.05) is 30.5 Å².